The Hall–Kier alpha value is -1.42. The van der Waals surface area contributed by atoms with E-state index < -0.39 is 0 Å². The zero-order valence-corrected chi connectivity index (χ0v) is 17.1. The van der Waals surface area contributed by atoms with Gasteiger partial charge in [0.05, 0.1) is 6.54 Å². The van der Waals surface area contributed by atoms with Crippen LogP contribution in [0.15, 0.2) is 35.6 Å². The van der Waals surface area contributed by atoms with E-state index in [2.05, 4.69) is 43.1 Å². The maximum atomic E-state index is 4.43. The smallest absolute Gasteiger partial charge is 0.194 e. The third-order valence-electron chi connectivity index (χ3n) is 3.83. The number of aryl methyl sites for hydroxylation is 1. The molecule has 1 fully saturated rings. The first kappa shape index (κ1) is 18.9. The fourth-order valence-electron chi connectivity index (χ4n) is 2.66. The van der Waals surface area contributed by atoms with Crippen LogP contribution in [0.2, 0.25) is 0 Å². The van der Waals surface area contributed by atoms with Crippen molar-refractivity contribution in [3.63, 3.8) is 0 Å². The van der Waals surface area contributed by atoms with E-state index in [0.717, 1.165) is 49.5 Å². The van der Waals surface area contributed by atoms with Crippen molar-refractivity contribution in [3.05, 3.63) is 40.5 Å². The summed E-state index contributed by atoms with van der Waals surface area (Å²) >= 11 is 1.72. The molecule has 1 saturated heterocycles. The van der Waals surface area contributed by atoms with Gasteiger partial charge in [-0.05, 0) is 19.1 Å². The predicted octanol–water partition coefficient (Wildman–Crippen LogP) is 2.36. The highest BCUT2D eigenvalue weighted by Gasteiger charge is 2.20. The lowest BCUT2D eigenvalue weighted by atomic mass is 10.3. The summed E-state index contributed by atoms with van der Waals surface area (Å²) in [5, 5.41) is 4.51. The van der Waals surface area contributed by atoms with E-state index >= 15 is 0 Å². The van der Waals surface area contributed by atoms with Gasteiger partial charge in [0.15, 0.2) is 5.96 Å². The minimum atomic E-state index is 0. The van der Waals surface area contributed by atoms with E-state index in [1.54, 1.807) is 11.3 Å². The third-order valence-corrected chi connectivity index (χ3v) is 4.74. The lowest BCUT2D eigenvalue weighted by Crippen LogP contribution is -2.52. The summed E-state index contributed by atoms with van der Waals surface area (Å²) in [5.41, 5.74) is 0. The van der Waals surface area contributed by atoms with Crippen molar-refractivity contribution in [2.75, 3.05) is 38.1 Å². The highest BCUT2D eigenvalue weighted by atomic mass is 127. The van der Waals surface area contributed by atoms with E-state index in [1.807, 2.05) is 31.6 Å². The number of thiazole rings is 1. The van der Waals surface area contributed by atoms with Gasteiger partial charge in [-0.15, -0.1) is 35.3 Å². The van der Waals surface area contributed by atoms with E-state index in [1.165, 1.54) is 4.88 Å². The molecule has 8 heteroatoms. The molecule has 130 valence electrons. The third kappa shape index (κ3) is 4.79. The Kier molecular flexibility index (Phi) is 7.22. The molecule has 0 unspecified atom stereocenters. The number of guanidine groups is 1. The number of anilines is 1. The quantitative estimate of drug-likeness (QED) is 0.435. The highest BCUT2D eigenvalue weighted by molar-refractivity contribution is 14.0. The molecule has 0 aromatic carbocycles. The Balaban J connectivity index is 0.00000208. The summed E-state index contributed by atoms with van der Waals surface area (Å²) in [6.07, 6.45) is 3.76. The number of nitrogens with one attached hydrogen (secondary N) is 1. The van der Waals surface area contributed by atoms with Gasteiger partial charge in [0.25, 0.3) is 0 Å². The van der Waals surface area contributed by atoms with Gasteiger partial charge >= 0.3 is 0 Å². The van der Waals surface area contributed by atoms with Crippen molar-refractivity contribution < 1.29 is 0 Å². The summed E-state index contributed by atoms with van der Waals surface area (Å²) < 4.78 is 0. The maximum Gasteiger partial charge on any atom is 0.194 e. The molecule has 0 atom stereocenters. The minimum Gasteiger partial charge on any atom is -0.353 e. The molecule has 0 amide bonds. The maximum absolute atomic E-state index is 4.43. The number of aliphatic imine (C=N–C) groups is 1. The molecule has 0 radical (unpaired) electrons. The second-order valence-electron chi connectivity index (χ2n) is 5.43. The van der Waals surface area contributed by atoms with E-state index in [4.69, 9.17) is 0 Å². The second-order valence-corrected chi connectivity index (χ2v) is 6.75. The van der Waals surface area contributed by atoms with Crippen LogP contribution in [0.25, 0.3) is 0 Å². The van der Waals surface area contributed by atoms with Crippen molar-refractivity contribution in [1.82, 2.24) is 20.2 Å². The monoisotopic (exact) mass is 458 g/mol. The number of hydrogen-bond acceptors (Lipinski definition) is 5. The molecule has 2 aromatic heterocycles. The lowest BCUT2D eigenvalue weighted by molar-refractivity contribution is 0.371. The molecule has 0 spiro atoms. The summed E-state index contributed by atoms with van der Waals surface area (Å²) in [7, 11) is 1.83. The van der Waals surface area contributed by atoms with Crippen LogP contribution >= 0.6 is 35.3 Å². The molecular formula is C16H23IN6S. The Bertz CT molecular complexity index is 652. The molecule has 24 heavy (non-hydrogen) atoms. The average molecular weight is 458 g/mol. The number of piperazine rings is 1. The summed E-state index contributed by atoms with van der Waals surface area (Å²) in [6.45, 7) is 6.58. The van der Waals surface area contributed by atoms with Crippen LogP contribution in [0.1, 0.15) is 9.88 Å². The van der Waals surface area contributed by atoms with Gasteiger partial charge in [0, 0.05) is 50.5 Å². The number of halogens is 1. The van der Waals surface area contributed by atoms with Crippen LogP contribution in [-0.2, 0) is 6.54 Å². The molecule has 6 nitrogen and oxygen atoms in total. The Morgan fingerprint density at radius 3 is 2.62 bits per heavy atom. The average Bonchev–Trinajstić information content (AvgIpc) is 3.02. The highest BCUT2D eigenvalue weighted by Crippen LogP contribution is 2.13. The summed E-state index contributed by atoms with van der Waals surface area (Å²) in [6, 6.07) is 6.05. The first-order valence-electron chi connectivity index (χ1n) is 7.79. The lowest BCUT2D eigenvalue weighted by Gasteiger charge is -2.37. The predicted molar refractivity (Wildman–Crippen MR) is 110 cm³/mol. The molecule has 1 aliphatic heterocycles. The SMILES string of the molecule is CN=C(NCc1ncc(C)s1)N1CCN(c2ccccn2)CC1.I. The van der Waals surface area contributed by atoms with Gasteiger partial charge in [-0.25, -0.2) is 9.97 Å². The molecule has 0 aliphatic carbocycles. The number of hydrogen-bond donors (Lipinski definition) is 1. The van der Waals surface area contributed by atoms with Crippen molar-refractivity contribution in [1.29, 1.82) is 0 Å². The molecule has 1 N–H and O–H groups in total. The van der Waals surface area contributed by atoms with Crippen LogP contribution in [0.5, 0.6) is 0 Å². The number of pyridine rings is 1. The van der Waals surface area contributed by atoms with Crippen LogP contribution in [-0.4, -0.2) is 54.1 Å². The fraction of sp³-hybridized carbons (Fsp3) is 0.438. The molecule has 3 rings (SSSR count). The standard InChI is InChI=1S/C16H22N6S.HI/c1-13-11-19-15(23-13)12-20-16(17-2)22-9-7-21(8-10-22)14-5-3-4-6-18-14;/h3-6,11H,7-10,12H2,1-2H3,(H,17,20);1H. The molecule has 0 saturated carbocycles. The van der Waals surface area contributed by atoms with Gasteiger partial charge in [0.1, 0.15) is 10.8 Å². The molecule has 0 bridgehead atoms. The number of rotatable bonds is 3. The molecule has 1 aliphatic rings. The Morgan fingerprint density at radius 1 is 1.25 bits per heavy atom. The molecular weight excluding hydrogens is 435 g/mol. The number of aromatic nitrogens is 2. The second kappa shape index (κ2) is 9.16. The minimum absolute atomic E-state index is 0. The van der Waals surface area contributed by atoms with E-state index in [-0.39, 0.29) is 24.0 Å². The zero-order chi connectivity index (χ0) is 16.1. The Labute approximate surface area is 164 Å². The largest absolute Gasteiger partial charge is 0.353 e. The topological polar surface area (TPSA) is 56.7 Å². The van der Waals surface area contributed by atoms with Crippen LogP contribution in [0.3, 0.4) is 0 Å². The first-order valence-corrected chi connectivity index (χ1v) is 8.61. The van der Waals surface area contributed by atoms with Gasteiger partial charge in [-0.3, -0.25) is 4.99 Å². The van der Waals surface area contributed by atoms with Crippen molar-refractivity contribution in [2.24, 2.45) is 4.99 Å². The van der Waals surface area contributed by atoms with E-state index in [9.17, 15) is 0 Å². The zero-order valence-electron chi connectivity index (χ0n) is 14.0. The van der Waals surface area contributed by atoms with Gasteiger partial charge < -0.3 is 15.1 Å². The van der Waals surface area contributed by atoms with Gasteiger partial charge in [-0.1, -0.05) is 6.07 Å². The molecule has 3 heterocycles. The van der Waals surface area contributed by atoms with Crippen LogP contribution in [0, 0.1) is 6.92 Å². The van der Waals surface area contributed by atoms with Crippen molar-refractivity contribution >= 4 is 47.1 Å². The molecule has 2 aromatic rings. The van der Waals surface area contributed by atoms with Crippen LogP contribution in [0.4, 0.5) is 5.82 Å². The Morgan fingerprint density at radius 2 is 2.04 bits per heavy atom. The van der Waals surface area contributed by atoms with Crippen LogP contribution < -0.4 is 10.2 Å². The normalized spacial score (nSPS) is 15.2. The first-order chi connectivity index (χ1) is 11.3. The fourth-order valence-corrected chi connectivity index (χ4v) is 3.39. The summed E-state index contributed by atoms with van der Waals surface area (Å²) in [4.78, 5) is 19.1. The van der Waals surface area contributed by atoms with Gasteiger partial charge in [-0.2, -0.15) is 0 Å². The van der Waals surface area contributed by atoms with Crippen molar-refractivity contribution in [2.45, 2.75) is 13.5 Å². The van der Waals surface area contributed by atoms with Crippen molar-refractivity contribution in [3.8, 4) is 0 Å². The number of nitrogens with zero attached hydrogens (tertiary/aromatic N) is 5. The van der Waals surface area contributed by atoms with E-state index in [0.29, 0.717) is 0 Å². The van der Waals surface area contributed by atoms with Gasteiger partial charge in [0.2, 0.25) is 0 Å². The summed E-state index contributed by atoms with van der Waals surface area (Å²) in [5.74, 6) is 1.99.